The van der Waals surface area contributed by atoms with Gasteiger partial charge in [-0.25, -0.2) is 4.79 Å². The van der Waals surface area contributed by atoms with Gasteiger partial charge in [-0.3, -0.25) is 5.43 Å². The molecule has 1 N–H and O–H groups in total. The predicted octanol–water partition coefficient (Wildman–Crippen LogP) is 3.71. The number of ether oxygens (including phenoxy) is 2. The highest BCUT2D eigenvalue weighted by molar-refractivity contribution is 5.90. The molecule has 0 spiro atoms. The highest BCUT2D eigenvalue weighted by Gasteiger charge is 2.08. The van der Waals surface area contributed by atoms with Crippen molar-refractivity contribution in [2.24, 2.45) is 5.10 Å². The second-order valence-corrected chi connectivity index (χ2v) is 5.47. The van der Waals surface area contributed by atoms with E-state index < -0.39 is 0 Å². The molecule has 0 atom stereocenters. The lowest BCUT2D eigenvalue weighted by Gasteiger charge is -2.08. The molecule has 0 amide bonds. The first-order chi connectivity index (χ1) is 12.1. The van der Waals surface area contributed by atoms with E-state index in [0.717, 1.165) is 11.3 Å². The second kappa shape index (κ2) is 9.14. The summed E-state index contributed by atoms with van der Waals surface area (Å²) in [6, 6.07) is 14.3. The Morgan fingerprint density at radius 2 is 2.04 bits per heavy atom. The van der Waals surface area contributed by atoms with Gasteiger partial charge in [0.15, 0.2) is 0 Å². The molecule has 0 unspecified atom stereocenters. The Kier molecular flexibility index (Phi) is 6.61. The van der Waals surface area contributed by atoms with Gasteiger partial charge < -0.3 is 9.47 Å². The van der Waals surface area contributed by atoms with Crippen molar-refractivity contribution in [2.45, 2.75) is 20.0 Å². The number of hydrazone groups is 1. The van der Waals surface area contributed by atoms with Gasteiger partial charge in [-0.05, 0) is 55.8 Å². The van der Waals surface area contributed by atoms with Crippen LogP contribution in [-0.2, 0) is 4.74 Å². The highest BCUT2D eigenvalue weighted by atomic mass is 16.5. The number of nitrogens with one attached hydrogen (secondary N) is 1. The summed E-state index contributed by atoms with van der Waals surface area (Å²) in [6.45, 7) is 3.86. The minimum absolute atomic E-state index is 0.143. The summed E-state index contributed by atoms with van der Waals surface area (Å²) in [5, 5.41) is 4.17. The van der Waals surface area contributed by atoms with Crippen molar-refractivity contribution in [2.75, 3.05) is 12.0 Å². The van der Waals surface area contributed by atoms with E-state index in [1.165, 1.54) is 0 Å². The van der Waals surface area contributed by atoms with Crippen molar-refractivity contribution in [3.05, 3.63) is 59.7 Å². The van der Waals surface area contributed by atoms with Gasteiger partial charge in [0, 0.05) is 0 Å². The fourth-order valence-electron chi connectivity index (χ4n) is 1.95. The number of carbonyl (C=O) groups excluding carboxylic acids is 1. The third-order valence-corrected chi connectivity index (χ3v) is 3.05. The van der Waals surface area contributed by atoms with E-state index in [-0.39, 0.29) is 18.7 Å². The molecule has 0 bridgehead atoms. The van der Waals surface area contributed by atoms with E-state index in [2.05, 4.69) is 16.4 Å². The number of rotatable bonds is 7. The van der Waals surface area contributed by atoms with Crippen molar-refractivity contribution in [3.63, 3.8) is 0 Å². The zero-order valence-electron chi connectivity index (χ0n) is 14.2. The van der Waals surface area contributed by atoms with Crippen LogP contribution in [0, 0.1) is 12.3 Å². The zero-order chi connectivity index (χ0) is 18.1. The third-order valence-electron chi connectivity index (χ3n) is 3.05. The summed E-state index contributed by atoms with van der Waals surface area (Å²) in [5.41, 5.74) is 5.04. The van der Waals surface area contributed by atoms with E-state index in [9.17, 15) is 4.79 Å². The van der Waals surface area contributed by atoms with Crippen LogP contribution in [0.25, 0.3) is 0 Å². The summed E-state index contributed by atoms with van der Waals surface area (Å²) >= 11 is 0. The molecule has 5 nitrogen and oxygen atoms in total. The Balaban J connectivity index is 1.94. The molecule has 25 heavy (non-hydrogen) atoms. The Hall–Kier alpha value is -3.26. The van der Waals surface area contributed by atoms with Gasteiger partial charge in [-0.2, -0.15) is 5.10 Å². The summed E-state index contributed by atoms with van der Waals surface area (Å²) in [4.78, 5) is 11.8. The van der Waals surface area contributed by atoms with Gasteiger partial charge in [0.1, 0.15) is 12.4 Å². The van der Waals surface area contributed by atoms with Crippen molar-refractivity contribution in [1.29, 1.82) is 0 Å². The average molecular weight is 336 g/mol. The second-order valence-electron chi connectivity index (χ2n) is 5.47. The lowest BCUT2D eigenvalue weighted by Crippen LogP contribution is -2.11. The van der Waals surface area contributed by atoms with E-state index in [1.54, 1.807) is 30.5 Å². The molecule has 128 valence electrons. The SMILES string of the molecule is C#CCOc1cccc(/C=N/Nc2ccc(C(=O)OC(C)C)cc2)c1. The zero-order valence-corrected chi connectivity index (χ0v) is 14.2. The number of benzene rings is 2. The minimum atomic E-state index is -0.339. The van der Waals surface area contributed by atoms with Crippen molar-refractivity contribution >= 4 is 17.9 Å². The number of anilines is 1. The molecule has 0 radical (unpaired) electrons. The standard InChI is InChI=1S/C20H20N2O3/c1-4-12-24-19-7-5-6-16(13-19)14-21-22-18-10-8-17(9-11-18)20(23)25-15(2)3/h1,5-11,13-15,22H,12H2,2-3H3/b21-14+. The van der Waals surface area contributed by atoms with Crippen molar-refractivity contribution < 1.29 is 14.3 Å². The Morgan fingerprint density at radius 3 is 2.72 bits per heavy atom. The largest absolute Gasteiger partial charge is 0.481 e. The minimum Gasteiger partial charge on any atom is -0.481 e. The van der Waals surface area contributed by atoms with Gasteiger partial charge >= 0.3 is 5.97 Å². The maximum absolute atomic E-state index is 11.8. The molecule has 0 saturated heterocycles. The number of terminal acetylenes is 1. The molecule has 0 aliphatic carbocycles. The van der Waals surface area contributed by atoms with Crippen LogP contribution in [0.1, 0.15) is 29.8 Å². The third kappa shape index (κ3) is 6.04. The highest BCUT2D eigenvalue weighted by Crippen LogP contribution is 2.13. The molecule has 2 aromatic rings. The predicted molar refractivity (Wildman–Crippen MR) is 99.0 cm³/mol. The van der Waals surface area contributed by atoms with Crippen LogP contribution in [0.2, 0.25) is 0 Å². The first kappa shape index (κ1) is 18.1. The molecule has 0 fully saturated rings. The summed E-state index contributed by atoms with van der Waals surface area (Å²) in [5.74, 6) is 2.77. The van der Waals surface area contributed by atoms with Gasteiger partial charge in [-0.15, -0.1) is 6.42 Å². The average Bonchev–Trinajstić information content (AvgIpc) is 2.60. The van der Waals surface area contributed by atoms with Gasteiger partial charge in [0.2, 0.25) is 0 Å². The number of hydrogen-bond acceptors (Lipinski definition) is 5. The van der Waals surface area contributed by atoms with E-state index in [4.69, 9.17) is 15.9 Å². The lowest BCUT2D eigenvalue weighted by atomic mass is 10.2. The quantitative estimate of drug-likeness (QED) is 0.362. The van der Waals surface area contributed by atoms with Crippen LogP contribution in [0.5, 0.6) is 5.75 Å². The molecule has 0 aliphatic rings. The smallest absolute Gasteiger partial charge is 0.338 e. The topological polar surface area (TPSA) is 59.9 Å². The van der Waals surface area contributed by atoms with Gasteiger partial charge in [0.05, 0.1) is 23.6 Å². The fraction of sp³-hybridized carbons (Fsp3) is 0.200. The van der Waals surface area contributed by atoms with Crippen LogP contribution in [0.4, 0.5) is 5.69 Å². The Bertz CT molecular complexity index is 774. The summed E-state index contributed by atoms with van der Waals surface area (Å²) in [6.07, 6.45) is 6.70. The number of nitrogens with zero attached hydrogens (tertiary/aromatic N) is 1. The maximum atomic E-state index is 11.8. The Morgan fingerprint density at radius 1 is 1.28 bits per heavy atom. The van der Waals surface area contributed by atoms with E-state index in [0.29, 0.717) is 11.3 Å². The van der Waals surface area contributed by atoms with E-state index >= 15 is 0 Å². The van der Waals surface area contributed by atoms with Crippen LogP contribution in [-0.4, -0.2) is 24.9 Å². The molecule has 2 aromatic carbocycles. The van der Waals surface area contributed by atoms with Crippen LogP contribution in [0.3, 0.4) is 0 Å². The number of carbonyl (C=O) groups is 1. The van der Waals surface area contributed by atoms with Gasteiger partial charge in [0.25, 0.3) is 0 Å². The van der Waals surface area contributed by atoms with Crippen molar-refractivity contribution in [3.8, 4) is 18.1 Å². The summed E-state index contributed by atoms with van der Waals surface area (Å²) < 4.78 is 10.5. The number of hydrogen-bond donors (Lipinski definition) is 1. The molecule has 2 rings (SSSR count). The van der Waals surface area contributed by atoms with Crippen LogP contribution in [0.15, 0.2) is 53.6 Å². The molecule has 0 aromatic heterocycles. The first-order valence-corrected chi connectivity index (χ1v) is 7.85. The fourth-order valence-corrected chi connectivity index (χ4v) is 1.95. The molecule has 0 aliphatic heterocycles. The molecular weight excluding hydrogens is 316 g/mol. The Labute approximate surface area is 147 Å². The van der Waals surface area contributed by atoms with Crippen molar-refractivity contribution in [1.82, 2.24) is 0 Å². The monoisotopic (exact) mass is 336 g/mol. The first-order valence-electron chi connectivity index (χ1n) is 7.85. The molecule has 0 heterocycles. The molecule has 5 heteroatoms. The normalized spacial score (nSPS) is 10.5. The summed E-state index contributed by atoms with van der Waals surface area (Å²) in [7, 11) is 0. The maximum Gasteiger partial charge on any atom is 0.338 e. The molecular formula is C20H20N2O3. The lowest BCUT2D eigenvalue weighted by molar-refractivity contribution is 0.0378. The molecule has 0 saturated carbocycles. The van der Waals surface area contributed by atoms with Crippen LogP contribution >= 0.6 is 0 Å². The van der Waals surface area contributed by atoms with E-state index in [1.807, 2.05) is 38.1 Å². The van der Waals surface area contributed by atoms with Gasteiger partial charge in [-0.1, -0.05) is 18.1 Å². The number of esters is 1. The van der Waals surface area contributed by atoms with Crippen LogP contribution < -0.4 is 10.2 Å².